The first-order valence-electron chi connectivity index (χ1n) is 6.02. The number of carbonyl (C=O) groups is 1. The first-order chi connectivity index (χ1) is 8.70. The number of urea groups is 1. The lowest BCUT2D eigenvalue weighted by Crippen LogP contribution is -2.56. The van der Waals surface area contributed by atoms with Crippen molar-refractivity contribution in [3.05, 3.63) is 35.4 Å². The molecule has 1 aromatic carbocycles. The molecule has 2 amide bonds. The van der Waals surface area contributed by atoms with Gasteiger partial charge in [0.25, 0.3) is 0 Å². The van der Waals surface area contributed by atoms with Crippen LogP contribution in [0, 0.1) is 0 Å². The normalized spacial score (nSPS) is 26.4. The molecule has 0 bridgehead atoms. The lowest BCUT2D eigenvalue weighted by molar-refractivity contribution is 0.0258. The van der Waals surface area contributed by atoms with Gasteiger partial charge in [-0.05, 0) is 18.1 Å². The number of rotatable bonds is 1. The van der Waals surface area contributed by atoms with Crippen molar-refractivity contribution in [1.29, 1.82) is 0 Å². The molecule has 5 nitrogen and oxygen atoms in total. The lowest BCUT2D eigenvalue weighted by atomic mass is 9.83. The molecule has 0 saturated carbocycles. The molecule has 5 heteroatoms. The number of amidine groups is 1. The highest BCUT2D eigenvalue weighted by Crippen LogP contribution is 2.39. The zero-order valence-corrected chi connectivity index (χ0v) is 10.2. The van der Waals surface area contributed by atoms with Gasteiger partial charge in [-0.2, -0.15) is 4.99 Å². The van der Waals surface area contributed by atoms with Crippen molar-refractivity contribution in [3.63, 3.8) is 0 Å². The Morgan fingerprint density at radius 1 is 1.50 bits per heavy atom. The lowest BCUT2D eigenvalue weighted by Gasteiger charge is -2.41. The summed E-state index contributed by atoms with van der Waals surface area (Å²) in [7, 11) is 0. The van der Waals surface area contributed by atoms with Crippen LogP contribution in [0.25, 0.3) is 0 Å². The zero-order chi connectivity index (χ0) is 12.8. The molecule has 1 unspecified atom stereocenters. The highest BCUT2D eigenvalue weighted by Gasteiger charge is 2.51. The van der Waals surface area contributed by atoms with E-state index in [2.05, 4.69) is 4.99 Å². The van der Waals surface area contributed by atoms with E-state index in [0.29, 0.717) is 25.6 Å². The van der Waals surface area contributed by atoms with Crippen LogP contribution in [-0.4, -0.2) is 29.9 Å². The SMILES string of the molecule is CCN1C(=O)N=C(N)C12COCc1ccccc12. The van der Waals surface area contributed by atoms with E-state index in [9.17, 15) is 4.79 Å². The fourth-order valence-corrected chi connectivity index (χ4v) is 2.83. The maximum atomic E-state index is 11.9. The van der Waals surface area contributed by atoms with Crippen molar-refractivity contribution >= 4 is 11.9 Å². The number of hydrogen-bond acceptors (Lipinski definition) is 3. The summed E-state index contributed by atoms with van der Waals surface area (Å²) < 4.78 is 5.63. The minimum Gasteiger partial charge on any atom is -0.385 e. The molecule has 0 radical (unpaired) electrons. The molecule has 0 saturated heterocycles. The first-order valence-corrected chi connectivity index (χ1v) is 6.02. The maximum absolute atomic E-state index is 11.9. The molecule has 2 heterocycles. The fraction of sp³-hybridized carbons (Fsp3) is 0.385. The third-order valence-electron chi connectivity index (χ3n) is 3.68. The largest absolute Gasteiger partial charge is 0.385 e. The number of nitrogens with zero attached hydrogens (tertiary/aromatic N) is 2. The number of nitrogens with two attached hydrogens (primary N) is 1. The summed E-state index contributed by atoms with van der Waals surface area (Å²) in [4.78, 5) is 17.5. The van der Waals surface area contributed by atoms with Gasteiger partial charge >= 0.3 is 6.03 Å². The molecule has 0 aliphatic carbocycles. The molecular formula is C13H15N3O2. The van der Waals surface area contributed by atoms with Crippen molar-refractivity contribution in [3.8, 4) is 0 Å². The van der Waals surface area contributed by atoms with Crippen LogP contribution in [-0.2, 0) is 16.9 Å². The first kappa shape index (κ1) is 11.2. The minimum absolute atomic E-state index is 0.282. The monoisotopic (exact) mass is 245 g/mol. The Morgan fingerprint density at radius 3 is 3.06 bits per heavy atom. The summed E-state index contributed by atoms with van der Waals surface area (Å²) in [5.74, 6) is 0.335. The van der Waals surface area contributed by atoms with Crippen molar-refractivity contribution in [2.24, 2.45) is 10.7 Å². The van der Waals surface area contributed by atoms with Gasteiger partial charge in [-0.25, -0.2) is 4.79 Å². The van der Waals surface area contributed by atoms with Crippen LogP contribution in [0.15, 0.2) is 29.3 Å². The quantitative estimate of drug-likeness (QED) is 0.809. The maximum Gasteiger partial charge on any atom is 0.346 e. The summed E-state index contributed by atoms with van der Waals surface area (Å²) in [6.45, 7) is 3.40. The molecule has 0 fully saturated rings. The van der Waals surface area contributed by atoms with E-state index in [4.69, 9.17) is 10.5 Å². The topological polar surface area (TPSA) is 67.9 Å². The van der Waals surface area contributed by atoms with Crippen molar-refractivity contribution < 1.29 is 9.53 Å². The van der Waals surface area contributed by atoms with Gasteiger partial charge in [0.2, 0.25) is 0 Å². The second-order valence-corrected chi connectivity index (χ2v) is 4.53. The van der Waals surface area contributed by atoms with E-state index < -0.39 is 5.54 Å². The van der Waals surface area contributed by atoms with Crippen LogP contribution in [0.5, 0.6) is 0 Å². The Morgan fingerprint density at radius 2 is 2.28 bits per heavy atom. The molecule has 1 aromatic rings. The zero-order valence-electron chi connectivity index (χ0n) is 10.2. The smallest absolute Gasteiger partial charge is 0.346 e. The third-order valence-corrected chi connectivity index (χ3v) is 3.68. The molecule has 18 heavy (non-hydrogen) atoms. The van der Waals surface area contributed by atoms with Crippen LogP contribution < -0.4 is 5.73 Å². The van der Waals surface area contributed by atoms with Crippen molar-refractivity contribution in [1.82, 2.24) is 4.90 Å². The molecule has 1 spiro atoms. The Kier molecular flexibility index (Phi) is 2.38. The minimum atomic E-state index is -0.708. The number of aliphatic imine (C=N–C) groups is 1. The number of amides is 2. The van der Waals surface area contributed by atoms with E-state index >= 15 is 0 Å². The van der Waals surface area contributed by atoms with E-state index in [-0.39, 0.29) is 6.03 Å². The molecule has 3 rings (SSSR count). The van der Waals surface area contributed by atoms with Gasteiger partial charge in [0, 0.05) is 6.54 Å². The third kappa shape index (κ3) is 1.25. The van der Waals surface area contributed by atoms with Gasteiger partial charge in [-0.15, -0.1) is 0 Å². The van der Waals surface area contributed by atoms with Crippen LogP contribution in [0.2, 0.25) is 0 Å². The Bertz CT molecular complexity index is 541. The Balaban J connectivity index is 2.22. The number of benzene rings is 1. The van der Waals surface area contributed by atoms with E-state index in [1.54, 1.807) is 4.90 Å². The second-order valence-electron chi connectivity index (χ2n) is 4.53. The van der Waals surface area contributed by atoms with Gasteiger partial charge in [-0.1, -0.05) is 24.3 Å². The van der Waals surface area contributed by atoms with Gasteiger partial charge < -0.3 is 15.4 Å². The van der Waals surface area contributed by atoms with E-state index in [1.807, 2.05) is 31.2 Å². The second kappa shape index (κ2) is 3.81. The Hall–Kier alpha value is -1.88. The predicted octanol–water partition coefficient (Wildman–Crippen LogP) is 1.22. The van der Waals surface area contributed by atoms with Gasteiger partial charge in [-0.3, -0.25) is 0 Å². The summed E-state index contributed by atoms with van der Waals surface area (Å²) in [6, 6.07) is 7.63. The predicted molar refractivity (Wildman–Crippen MR) is 67.2 cm³/mol. The number of fused-ring (bicyclic) bond motifs is 2. The molecular weight excluding hydrogens is 230 g/mol. The highest BCUT2D eigenvalue weighted by molar-refractivity contribution is 6.06. The van der Waals surface area contributed by atoms with Gasteiger partial charge in [0.1, 0.15) is 5.84 Å². The summed E-state index contributed by atoms with van der Waals surface area (Å²) in [5, 5.41) is 0. The molecule has 0 aromatic heterocycles. The summed E-state index contributed by atoms with van der Waals surface area (Å²) in [5.41, 5.74) is 7.41. The average molecular weight is 245 g/mol. The molecule has 1 atom stereocenters. The van der Waals surface area contributed by atoms with E-state index in [1.165, 1.54) is 0 Å². The van der Waals surface area contributed by atoms with Crippen LogP contribution in [0.4, 0.5) is 4.79 Å². The number of carbonyl (C=O) groups excluding carboxylic acids is 1. The number of ether oxygens (including phenoxy) is 1. The van der Waals surface area contributed by atoms with Crippen LogP contribution in [0.1, 0.15) is 18.1 Å². The van der Waals surface area contributed by atoms with Gasteiger partial charge in [0.05, 0.1) is 13.2 Å². The van der Waals surface area contributed by atoms with Crippen LogP contribution in [0.3, 0.4) is 0 Å². The molecule has 2 N–H and O–H groups in total. The highest BCUT2D eigenvalue weighted by atomic mass is 16.5. The molecule has 94 valence electrons. The summed E-state index contributed by atoms with van der Waals surface area (Å²) >= 11 is 0. The number of likely N-dealkylation sites (N-methyl/N-ethyl adjacent to an activating group) is 1. The van der Waals surface area contributed by atoms with Crippen molar-refractivity contribution in [2.75, 3.05) is 13.2 Å². The average Bonchev–Trinajstić information content (AvgIpc) is 2.62. The standard InChI is InChI=1S/C13H15N3O2/c1-2-16-12(17)15-11(14)13(16)8-18-7-9-5-3-4-6-10(9)13/h3-6H,2,7-8H2,1H3,(H2,14,15,17). The fourth-order valence-electron chi connectivity index (χ4n) is 2.83. The van der Waals surface area contributed by atoms with E-state index in [0.717, 1.165) is 11.1 Å². The van der Waals surface area contributed by atoms with Crippen molar-refractivity contribution in [2.45, 2.75) is 19.1 Å². The van der Waals surface area contributed by atoms with Crippen LogP contribution >= 0.6 is 0 Å². The summed E-state index contributed by atoms with van der Waals surface area (Å²) in [6.07, 6.45) is 0. The number of hydrogen-bond donors (Lipinski definition) is 1. The van der Waals surface area contributed by atoms with Gasteiger partial charge in [0.15, 0.2) is 5.54 Å². The molecule has 2 aliphatic rings. The Labute approximate surface area is 105 Å². The molecule has 2 aliphatic heterocycles.